The van der Waals surface area contributed by atoms with E-state index in [1.165, 1.54) is 0 Å². The minimum atomic E-state index is -0.411. The van der Waals surface area contributed by atoms with E-state index in [4.69, 9.17) is 0 Å². The molecule has 0 saturated carbocycles. The van der Waals surface area contributed by atoms with E-state index in [2.05, 4.69) is 15.7 Å². The Kier molecular flexibility index (Phi) is 7.92. The molecule has 1 aromatic rings. The molecule has 21 heavy (non-hydrogen) atoms. The molecule has 122 valence electrons. The van der Waals surface area contributed by atoms with Gasteiger partial charge < -0.3 is 15.7 Å². The van der Waals surface area contributed by atoms with Crippen molar-refractivity contribution in [1.82, 2.24) is 20.4 Å². The van der Waals surface area contributed by atoms with Crippen LogP contribution in [0.5, 0.6) is 0 Å². The zero-order valence-corrected chi connectivity index (χ0v) is 14.2. The van der Waals surface area contributed by atoms with Gasteiger partial charge in [-0.05, 0) is 25.8 Å². The first-order valence-corrected chi connectivity index (χ1v) is 6.87. The molecule has 2 unspecified atom stereocenters. The highest BCUT2D eigenvalue weighted by Gasteiger charge is 2.24. The molecule has 0 aliphatic carbocycles. The summed E-state index contributed by atoms with van der Waals surface area (Å²) in [7, 11) is 3.57. The summed E-state index contributed by atoms with van der Waals surface area (Å²) in [6.07, 6.45) is 3.77. The second-order valence-corrected chi connectivity index (χ2v) is 6.10. The summed E-state index contributed by atoms with van der Waals surface area (Å²) in [5.41, 5.74) is 0.692. The summed E-state index contributed by atoms with van der Waals surface area (Å²) in [6.45, 7) is 6.34. The molecule has 0 bridgehead atoms. The lowest BCUT2D eigenvalue weighted by molar-refractivity contribution is -0.123. The quantitative estimate of drug-likeness (QED) is 0.701. The third-order valence-electron chi connectivity index (χ3n) is 3.20. The molecule has 0 spiro atoms. The summed E-state index contributed by atoms with van der Waals surface area (Å²) in [4.78, 5) is 12.2. The van der Waals surface area contributed by atoms with Gasteiger partial charge in [-0.15, -0.1) is 12.4 Å². The highest BCUT2D eigenvalue weighted by atomic mass is 35.5. The number of halogens is 1. The number of amides is 1. The number of aliphatic hydroxyl groups is 1. The zero-order chi connectivity index (χ0) is 15.3. The van der Waals surface area contributed by atoms with Crippen LogP contribution in [0.1, 0.15) is 38.8 Å². The van der Waals surface area contributed by atoms with Crippen LogP contribution in [0.25, 0.3) is 0 Å². The lowest BCUT2D eigenvalue weighted by Gasteiger charge is -2.27. The van der Waals surface area contributed by atoms with Gasteiger partial charge >= 0.3 is 0 Å². The summed E-state index contributed by atoms with van der Waals surface area (Å²) in [5.74, 6) is -0.0841. The van der Waals surface area contributed by atoms with E-state index in [9.17, 15) is 9.90 Å². The summed E-state index contributed by atoms with van der Waals surface area (Å²) >= 11 is 0. The number of nitrogens with one attached hydrogen (secondary N) is 2. The molecule has 3 N–H and O–H groups in total. The first-order valence-electron chi connectivity index (χ1n) is 6.87. The van der Waals surface area contributed by atoms with Gasteiger partial charge in [-0.3, -0.25) is 9.48 Å². The van der Waals surface area contributed by atoms with Crippen molar-refractivity contribution >= 4 is 18.3 Å². The molecular formula is C14H27ClN4O2. The molecule has 0 saturated heterocycles. The number of rotatable bonds is 7. The first kappa shape index (κ1) is 19.9. The van der Waals surface area contributed by atoms with Crippen molar-refractivity contribution in [3.05, 3.63) is 18.0 Å². The van der Waals surface area contributed by atoms with Crippen LogP contribution in [-0.4, -0.2) is 40.5 Å². The average molecular weight is 319 g/mol. The van der Waals surface area contributed by atoms with Crippen LogP contribution >= 0.6 is 12.4 Å². The minimum Gasteiger partial charge on any atom is -0.393 e. The van der Waals surface area contributed by atoms with E-state index in [1.54, 1.807) is 24.9 Å². The number of likely N-dealkylation sites (N-methyl/N-ethyl adjacent to an activating group) is 1. The van der Waals surface area contributed by atoms with E-state index in [0.29, 0.717) is 13.0 Å². The predicted molar refractivity (Wildman–Crippen MR) is 85.3 cm³/mol. The molecule has 0 fully saturated rings. The van der Waals surface area contributed by atoms with Crippen LogP contribution in [0.4, 0.5) is 0 Å². The number of nitrogens with zero attached hydrogens (tertiary/aromatic N) is 2. The van der Waals surface area contributed by atoms with Gasteiger partial charge in [0, 0.05) is 25.4 Å². The summed E-state index contributed by atoms with van der Waals surface area (Å²) in [5, 5.41) is 19.5. The molecule has 6 nitrogen and oxygen atoms in total. The average Bonchev–Trinajstić information content (AvgIpc) is 2.72. The number of carbonyl (C=O) groups is 1. The highest BCUT2D eigenvalue weighted by molar-refractivity contribution is 5.85. The van der Waals surface area contributed by atoms with Crippen molar-refractivity contribution < 1.29 is 9.90 Å². The Hall–Kier alpha value is -1.11. The first-order chi connectivity index (χ1) is 9.25. The van der Waals surface area contributed by atoms with Gasteiger partial charge in [-0.2, -0.15) is 5.10 Å². The van der Waals surface area contributed by atoms with Gasteiger partial charge in [0.2, 0.25) is 5.91 Å². The third-order valence-corrected chi connectivity index (χ3v) is 3.20. The van der Waals surface area contributed by atoms with Gasteiger partial charge in [0.15, 0.2) is 0 Å². The number of hydrogen-bond acceptors (Lipinski definition) is 4. The maximum absolute atomic E-state index is 12.2. The molecule has 7 heteroatoms. The molecule has 0 aliphatic heterocycles. The Balaban J connectivity index is 0.00000400. The van der Waals surface area contributed by atoms with Crippen LogP contribution in [0, 0.1) is 5.41 Å². The van der Waals surface area contributed by atoms with E-state index in [0.717, 1.165) is 5.56 Å². The molecule has 0 radical (unpaired) electrons. The lowest BCUT2D eigenvalue weighted by atomic mass is 9.87. The fourth-order valence-electron chi connectivity index (χ4n) is 2.34. The Morgan fingerprint density at radius 1 is 1.52 bits per heavy atom. The molecule has 1 aromatic heterocycles. The van der Waals surface area contributed by atoms with Crippen molar-refractivity contribution in [2.45, 2.75) is 39.3 Å². The van der Waals surface area contributed by atoms with Crippen LogP contribution < -0.4 is 10.6 Å². The van der Waals surface area contributed by atoms with Gasteiger partial charge in [0.05, 0.1) is 12.3 Å². The van der Waals surface area contributed by atoms with Gasteiger partial charge in [0.1, 0.15) is 6.04 Å². The number of carbonyl (C=O) groups excluding carboxylic acids is 1. The predicted octanol–water partition coefficient (Wildman–Crippen LogP) is 1.02. The van der Waals surface area contributed by atoms with E-state index in [-0.39, 0.29) is 29.8 Å². The highest BCUT2D eigenvalue weighted by Crippen LogP contribution is 2.21. The third kappa shape index (κ3) is 6.46. The van der Waals surface area contributed by atoms with E-state index < -0.39 is 6.04 Å². The standard InChI is InChI=1S/C14H26N4O2.ClH/c1-10(19)6-14(2,3)9-16-13(20)12(15-4)11-7-17-18(5)8-11;/h7-8,10,12,15,19H,6,9H2,1-5H3,(H,16,20);1H. The van der Waals surface area contributed by atoms with Crippen molar-refractivity contribution in [3.63, 3.8) is 0 Å². The van der Waals surface area contributed by atoms with Crippen molar-refractivity contribution in [3.8, 4) is 0 Å². The molecule has 1 heterocycles. The number of hydrogen-bond donors (Lipinski definition) is 3. The maximum Gasteiger partial charge on any atom is 0.241 e. The topological polar surface area (TPSA) is 79.2 Å². The second-order valence-electron chi connectivity index (χ2n) is 6.10. The van der Waals surface area contributed by atoms with Gasteiger partial charge in [-0.25, -0.2) is 0 Å². The summed E-state index contributed by atoms with van der Waals surface area (Å²) in [6, 6.07) is -0.411. The minimum absolute atomic E-state index is 0. The largest absolute Gasteiger partial charge is 0.393 e. The second kappa shape index (κ2) is 8.36. The number of aromatic nitrogens is 2. The zero-order valence-electron chi connectivity index (χ0n) is 13.4. The molecule has 0 aliphatic rings. The van der Waals surface area contributed by atoms with Crippen LogP contribution in [0.2, 0.25) is 0 Å². The molecule has 1 amide bonds. The monoisotopic (exact) mass is 318 g/mol. The SMILES string of the molecule is CNC(C(=O)NCC(C)(C)CC(C)O)c1cnn(C)c1.Cl. The normalized spacial score (nSPS) is 14.2. The van der Waals surface area contributed by atoms with Crippen LogP contribution in [-0.2, 0) is 11.8 Å². The van der Waals surface area contributed by atoms with Crippen LogP contribution in [0.3, 0.4) is 0 Å². The Labute approximate surface area is 132 Å². The Morgan fingerprint density at radius 2 is 2.14 bits per heavy atom. The lowest BCUT2D eigenvalue weighted by Crippen LogP contribution is -2.41. The number of aliphatic hydroxyl groups excluding tert-OH is 1. The van der Waals surface area contributed by atoms with Crippen LogP contribution in [0.15, 0.2) is 12.4 Å². The molecular weight excluding hydrogens is 292 g/mol. The van der Waals surface area contributed by atoms with Crippen molar-refractivity contribution in [2.24, 2.45) is 12.5 Å². The van der Waals surface area contributed by atoms with Crippen molar-refractivity contribution in [2.75, 3.05) is 13.6 Å². The van der Waals surface area contributed by atoms with E-state index >= 15 is 0 Å². The molecule has 2 atom stereocenters. The number of aryl methyl sites for hydroxylation is 1. The van der Waals surface area contributed by atoms with Gasteiger partial charge in [-0.1, -0.05) is 13.8 Å². The van der Waals surface area contributed by atoms with Gasteiger partial charge in [0.25, 0.3) is 0 Å². The maximum atomic E-state index is 12.2. The Bertz CT molecular complexity index is 446. The fraction of sp³-hybridized carbons (Fsp3) is 0.714. The van der Waals surface area contributed by atoms with Crippen molar-refractivity contribution in [1.29, 1.82) is 0 Å². The molecule has 0 aromatic carbocycles. The smallest absolute Gasteiger partial charge is 0.241 e. The molecule has 1 rings (SSSR count). The Morgan fingerprint density at radius 3 is 2.57 bits per heavy atom. The fourth-order valence-corrected chi connectivity index (χ4v) is 2.34. The van der Waals surface area contributed by atoms with E-state index in [1.807, 2.05) is 27.1 Å². The summed E-state index contributed by atoms with van der Waals surface area (Å²) < 4.78 is 1.67.